The number of amides is 1. The highest BCUT2D eigenvalue weighted by Gasteiger charge is 2.24. The maximum atomic E-state index is 12.2. The monoisotopic (exact) mass is 396 g/mol. The van der Waals surface area contributed by atoms with Gasteiger partial charge in [0, 0.05) is 26.7 Å². The minimum absolute atomic E-state index is 0.00961. The number of ether oxygens (including phenoxy) is 2. The highest BCUT2D eigenvalue weighted by Crippen LogP contribution is 2.31. The van der Waals surface area contributed by atoms with Crippen LogP contribution in [-0.4, -0.2) is 51.8 Å². The van der Waals surface area contributed by atoms with Gasteiger partial charge in [-0.1, -0.05) is 30.3 Å². The fourth-order valence-electron chi connectivity index (χ4n) is 3.05. The van der Waals surface area contributed by atoms with Crippen LogP contribution in [0.3, 0.4) is 0 Å². The van der Waals surface area contributed by atoms with Gasteiger partial charge in [0.1, 0.15) is 11.5 Å². The number of carbonyl (C=O) groups is 1. The van der Waals surface area contributed by atoms with Crippen LogP contribution >= 0.6 is 0 Å². The van der Waals surface area contributed by atoms with Crippen molar-refractivity contribution in [2.45, 2.75) is 12.8 Å². The van der Waals surface area contributed by atoms with Crippen LogP contribution in [0.25, 0.3) is 0 Å². The van der Waals surface area contributed by atoms with E-state index in [1.54, 1.807) is 11.9 Å². The van der Waals surface area contributed by atoms with E-state index in [1.807, 2.05) is 54.6 Å². The summed E-state index contributed by atoms with van der Waals surface area (Å²) >= 11 is 0. The number of nitrogens with one attached hydrogen (secondary N) is 2. The molecule has 0 fully saturated rings. The van der Waals surface area contributed by atoms with Gasteiger partial charge in [-0.15, -0.1) is 0 Å². The van der Waals surface area contributed by atoms with E-state index in [0.29, 0.717) is 19.7 Å². The second kappa shape index (κ2) is 10.9. The van der Waals surface area contributed by atoms with Crippen LogP contribution in [0.1, 0.15) is 12.8 Å². The molecule has 1 heterocycles. The van der Waals surface area contributed by atoms with E-state index in [4.69, 9.17) is 9.47 Å². The number of benzene rings is 2. The molecule has 0 spiro atoms. The fraction of sp³-hybridized carbons (Fsp3) is 0.364. The molecule has 29 heavy (non-hydrogen) atoms. The molecule has 0 aliphatic carbocycles. The largest absolute Gasteiger partial charge is 0.494 e. The Hall–Kier alpha value is -3.22. The van der Waals surface area contributed by atoms with E-state index in [9.17, 15) is 4.79 Å². The third-order valence-electron chi connectivity index (χ3n) is 4.51. The Morgan fingerprint density at radius 2 is 1.79 bits per heavy atom. The molecule has 0 unspecified atom stereocenters. The molecule has 2 N–H and O–H groups in total. The van der Waals surface area contributed by atoms with Crippen molar-refractivity contribution in [1.82, 2.24) is 10.6 Å². The molecule has 0 aromatic heterocycles. The van der Waals surface area contributed by atoms with Crippen molar-refractivity contribution in [2.24, 2.45) is 4.99 Å². The van der Waals surface area contributed by atoms with Crippen LogP contribution in [0.2, 0.25) is 0 Å². The molecule has 7 nitrogen and oxygen atoms in total. The van der Waals surface area contributed by atoms with Gasteiger partial charge < -0.3 is 25.0 Å². The fourth-order valence-corrected chi connectivity index (χ4v) is 3.05. The van der Waals surface area contributed by atoms with Crippen LogP contribution in [-0.2, 0) is 4.79 Å². The minimum atomic E-state index is -0.00961. The number of anilines is 1. The average Bonchev–Trinajstić information content (AvgIpc) is 2.77. The summed E-state index contributed by atoms with van der Waals surface area (Å²) in [6, 6.07) is 17.4. The van der Waals surface area contributed by atoms with E-state index in [0.717, 1.165) is 42.5 Å². The Morgan fingerprint density at radius 3 is 2.59 bits per heavy atom. The average molecular weight is 396 g/mol. The van der Waals surface area contributed by atoms with Crippen LogP contribution in [0.4, 0.5) is 5.69 Å². The number of nitrogens with zero attached hydrogens (tertiary/aromatic N) is 2. The number of hydrogen-bond acceptors (Lipinski definition) is 4. The molecule has 0 radical (unpaired) electrons. The summed E-state index contributed by atoms with van der Waals surface area (Å²) in [7, 11) is 1.75. The molecule has 0 saturated carbocycles. The number of hydrogen-bond donors (Lipinski definition) is 2. The highest BCUT2D eigenvalue weighted by molar-refractivity contribution is 5.97. The molecule has 2 aromatic rings. The lowest BCUT2D eigenvalue weighted by molar-refractivity contribution is -0.121. The van der Waals surface area contributed by atoms with Gasteiger partial charge in [-0.2, -0.15) is 0 Å². The zero-order valence-electron chi connectivity index (χ0n) is 16.8. The predicted octanol–water partition coefficient (Wildman–Crippen LogP) is 2.44. The quantitative estimate of drug-likeness (QED) is 0.387. The second-order valence-corrected chi connectivity index (χ2v) is 6.60. The van der Waals surface area contributed by atoms with Gasteiger partial charge in [0.05, 0.1) is 12.3 Å². The zero-order chi connectivity index (χ0) is 20.3. The molecule has 2 aromatic carbocycles. The van der Waals surface area contributed by atoms with Crippen molar-refractivity contribution in [3.8, 4) is 11.5 Å². The summed E-state index contributed by atoms with van der Waals surface area (Å²) in [6.45, 7) is 2.86. The number of para-hydroxylation sites is 3. The molecule has 7 heteroatoms. The summed E-state index contributed by atoms with van der Waals surface area (Å²) in [6.07, 6.45) is 1.67. The number of rotatable bonds is 9. The molecule has 154 valence electrons. The number of carbonyl (C=O) groups excluding carboxylic acids is 1. The molecular weight excluding hydrogens is 368 g/mol. The first-order valence-electron chi connectivity index (χ1n) is 9.92. The summed E-state index contributed by atoms with van der Waals surface area (Å²) in [5.74, 6) is 2.38. The first-order chi connectivity index (χ1) is 14.3. The van der Waals surface area contributed by atoms with E-state index < -0.39 is 0 Å². The first-order valence-corrected chi connectivity index (χ1v) is 9.92. The van der Waals surface area contributed by atoms with Crippen molar-refractivity contribution in [2.75, 3.05) is 44.8 Å². The summed E-state index contributed by atoms with van der Waals surface area (Å²) in [4.78, 5) is 18.2. The Balaban J connectivity index is 1.32. The van der Waals surface area contributed by atoms with Gasteiger partial charge in [0.15, 0.2) is 12.6 Å². The van der Waals surface area contributed by atoms with Crippen LogP contribution in [0, 0.1) is 0 Å². The Bertz CT molecular complexity index is 811. The molecule has 1 aliphatic heterocycles. The number of aliphatic imine (C=N–C) groups is 1. The standard InChI is InChI=1S/C22H28N4O3/c1-23-22(25-14-8-16-28-18-9-3-2-4-10-18)24-13-7-15-26-19-11-5-6-12-20(19)29-17-21(26)27/h2-6,9-12H,7-8,13-17H2,1H3,(H2,23,24,25). The molecular formula is C22H28N4O3. The van der Waals surface area contributed by atoms with Crippen molar-refractivity contribution in [1.29, 1.82) is 0 Å². The molecule has 3 rings (SSSR count). The predicted molar refractivity (Wildman–Crippen MR) is 115 cm³/mol. The lowest BCUT2D eigenvalue weighted by Gasteiger charge is -2.29. The van der Waals surface area contributed by atoms with Gasteiger partial charge in [-0.25, -0.2) is 0 Å². The molecule has 1 amide bonds. The highest BCUT2D eigenvalue weighted by atomic mass is 16.5. The molecule has 0 bridgehead atoms. The summed E-state index contributed by atoms with van der Waals surface area (Å²) < 4.78 is 11.2. The first kappa shape index (κ1) is 20.5. The topological polar surface area (TPSA) is 75.2 Å². The number of guanidine groups is 1. The van der Waals surface area contributed by atoms with Crippen LogP contribution in [0.15, 0.2) is 59.6 Å². The summed E-state index contributed by atoms with van der Waals surface area (Å²) in [5.41, 5.74) is 0.838. The van der Waals surface area contributed by atoms with E-state index in [2.05, 4.69) is 15.6 Å². The lowest BCUT2D eigenvalue weighted by atomic mass is 10.2. The van der Waals surface area contributed by atoms with E-state index in [-0.39, 0.29) is 12.5 Å². The Labute approximate surface area is 171 Å². The minimum Gasteiger partial charge on any atom is -0.494 e. The maximum Gasteiger partial charge on any atom is 0.265 e. The third-order valence-corrected chi connectivity index (χ3v) is 4.51. The van der Waals surface area contributed by atoms with Crippen molar-refractivity contribution < 1.29 is 14.3 Å². The van der Waals surface area contributed by atoms with Gasteiger partial charge in [-0.3, -0.25) is 9.79 Å². The van der Waals surface area contributed by atoms with Crippen molar-refractivity contribution >= 4 is 17.6 Å². The van der Waals surface area contributed by atoms with Crippen molar-refractivity contribution in [3.05, 3.63) is 54.6 Å². The van der Waals surface area contributed by atoms with E-state index in [1.165, 1.54) is 0 Å². The molecule has 1 aliphatic rings. The van der Waals surface area contributed by atoms with Gasteiger partial charge >= 0.3 is 0 Å². The molecule has 0 atom stereocenters. The lowest BCUT2D eigenvalue weighted by Crippen LogP contribution is -2.42. The second-order valence-electron chi connectivity index (χ2n) is 6.60. The Morgan fingerprint density at radius 1 is 1.07 bits per heavy atom. The molecule has 0 saturated heterocycles. The van der Waals surface area contributed by atoms with Gasteiger partial charge in [-0.05, 0) is 37.1 Å². The van der Waals surface area contributed by atoms with Crippen LogP contribution < -0.4 is 25.0 Å². The van der Waals surface area contributed by atoms with E-state index >= 15 is 0 Å². The SMILES string of the molecule is CN=C(NCCCOc1ccccc1)NCCCN1C(=O)COc2ccccc21. The maximum absolute atomic E-state index is 12.2. The normalized spacial score (nSPS) is 13.5. The smallest absolute Gasteiger partial charge is 0.265 e. The number of fused-ring (bicyclic) bond motifs is 1. The van der Waals surface area contributed by atoms with Crippen molar-refractivity contribution in [3.63, 3.8) is 0 Å². The Kier molecular flexibility index (Phi) is 7.74. The van der Waals surface area contributed by atoms with Crippen LogP contribution in [0.5, 0.6) is 11.5 Å². The third kappa shape index (κ3) is 6.14. The summed E-state index contributed by atoms with van der Waals surface area (Å²) in [5, 5.41) is 6.56. The van der Waals surface area contributed by atoms with Gasteiger partial charge in [0.25, 0.3) is 5.91 Å². The zero-order valence-corrected chi connectivity index (χ0v) is 16.8. The van der Waals surface area contributed by atoms with Gasteiger partial charge in [0.2, 0.25) is 0 Å².